The molecule has 12 aromatic rings. The van der Waals surface area contributed by atoms with Crippen LogP contribution in [0.3, 0.4) is 0 Å². The van der Waals surface area contributed by atoms with E-state index in [1.807, 2.05) is 23.5 Å². The first-order valence-corrected chi connectivity index (χ1v) is 19.8. The Morgan fingerprint density at radius 2 is 1.02 bits per heavy atom. The molecular formula is C52H32N2OS. The van der Waals surface area contributed by atoms with E-state index in [1.165, 1.54) is 63.9 Å². The van der Waals surface area contributed by atoms with E-state index in [0.717, 1.165) is 44.7 Å². The highest BCUT2D eigenvalue weighted by Gasteiger charge is 2.18. The van der Waals surface area contributed by atoms with Crippen LogP contribution in [-0.4, -0.2) is 4.57 Å². The van der Waals surface area contributed by atoms with Gasteiger partial charge in [-0.15, -0.1) is 11.3 Å². The normalized spacial score (nSPS) is 11.9. The van der Waals surface area contributed by atoms with Gasteiger partial charge in [-0.05, 0) is 101 Å². The number of rotatable bonds is 5. The Morgan fingerprint density at radius 3 is 1.88 bits per heavy atom. The zero-order valence-electron chi connectivity index (χ0n) is 30.2. The summed E-state index contributed by atoms with van der Waals surface area (Å²) in [6.07, 6.45) is 0. The van der Waals surface area contributed by atoms with E-state index in [9.17, 15) is 0 Å². The highest BCUT2D eigenvalue weighted by molar-refractivity contribution is 7.25. The van der Waals surface area contributed by atoms with Crippen molar-refractivity contribution in [3.63, 3.8) is 0 Å². The van der Waals surface area contributed by atoms with Gasteiger partial charge in [0.25, 0.3) is 0 Å². The van der Waals surface area contributed by atoms with Crippen molar-refractivity contribution in [1.82, 2.24) is 4.57 Å². The van der Waals surface area contributed by atoms with Crippen LogP contribution in [0.15, 0.2) is 199 Å². The predicted octanol–water partition coefficient (Wildman–Crippen LogP) is 15.3. The molecule has 0 aliphatic rings. The molecule has 0 radical (unpaired) electrons. The summed E-state index contributed by atoms with van der Waals surface area (Å²) in [5.74, 6) is 0. The van der Waals surface area contributed by atoms with Gasteiger partial charge in [-0.25, -0.2) is 0 Å². The average molecular weight is 733 g/mol. The lowest BCUT2D eigenvalue weighted by Gasteiger charge is -2.26. The van der Waals surface area contributed by atoms with E-state index < -0.39 is 0 Å². The highest BCUT2D eigenvalue weighted by Crippen LogP contribution is 2.43. The van der Waals surface area contributed by atoms with Gasteiger partial charge in [-0.3, -0.25) is 0 Å². The fourth-order valence-corrected chi connectivity index (χ4v) is 9.92. The molecule has 56 heavy (non-hydrogen) atoms. The molecule has 3 heterocycles. The van der Waals surface area contributed by atoms with E-state index >= 15 is 0 Å². The van der Waals surface area contributed by atoms with Gasteiger partial charge in [-0.1, -0.05) is 115 Å². The maximum absolute atomic E-state index is 6.23. The van der Waals surface area contributed by atoms with Crippen LogP contribution >= 0.6 is 11.3 Å². The summed E-state index contributed by atoms with van der Waals surface area (Å²) < 4.78 is 11.2. The van der Waals surface area contributed by atoms with Crippen LogP contribution in [0.5, 0.6) is 0 Å². The highest BCUT2D eigenvalue weighted by atomic mass is 32.1. The quantitative estimate of drug-likeness (QED) is 0.176. The fourth-order valence-electron chi connectivity index (χ4n) is 8.78. The first-order valence-electron chi connectivity index (χ1n) is 19.0. The van der Waals surface area contributed by atoms with Crippen molar-refractivity contribution in [2.24, 2.45) is 0 Å². The van der Waals surface area contributed by atoms with Crippen LogP contribution in [0.4, 0.5) is 17.1 Å². The van der Waals surface area contributed by atoms with Crippen molar-refractivity contribution >= 4 is 103 Å². The smallest absolute Gasteiger partial charge is 0.135 e. The van der Waals surface area contributed by atoms with Crippen molar-refractivity contribution < 1.29 is 4.42 Å². The number of para-hydroxylation sites is 2. The molecule has 0 unspecified atom stereocenters. The Kier molecular flexibility index (Phi) is 6.80. The second kappa shape index (κ2) is 12.2. The molecule has 0 amide bonds. The first-order chi connectivity index (χ1) is 27.7. The molecule has 0 bridgehead atoms. The van der Waals surface area contributed by atoms with Crippen LogP contribution in [0.1, 0.15) is 0 Å². The van der Waals surface area contributed by atoms with Crippen molar-refractivity contribution in [2.45, 2.75) is 0 Å². The molecule has 3 aromatic heterocycles. The summed E-state index contributed by atoms with van der Waals surface area (Å²) in [6, 6.07) is 70.3. The first kappa shape index (κ1) is 31.2. The van der Waals surface area contributed by atoms with E-state index in [4.69, 9.17) is 4.42 Å². The summed E-state index contributed by atoms with van der Waals surface area (Å²) in [7, 11) is 0. The lowest BCUT2D eigenvalue weighted by Crippen LogP contribution is -2.09. The summed E-state index contributed by atoms with van der Waals surface area (Å²) in [6.45, 7) is 0. The van der Waals surface area contributed by atoms with Crippen molar-refractivity contribution in [3.05, 3.63) is 194 Å². The van der Waals surface area contributed by atoms with Gasteiger partial charge in [0, 0.05) is 64.5 Å². The van der Waals surface area contributed by atoms with Gasteiger partial charge in [0.2, 0.25) is 0 Å². The number of furan rings is 1. The fraction of sp³-hybridized carbons (Fsp3) is 0. The Hall–Kier alpha value is -7.14. The summed E-state index contributed by atoms with van der Waals surface area (Å²) in [5.41, 5.74) is 11.0. The van der Waals surface area contributed by atoms with Gasteiger partial charge >= 0.3 is 0 Å². The lowest BCUT2D eigenvalue weighted by molar-refractivity contribution is 0.669. The topological polar surface area (TPSA) is 21.3 Å². The predicted molar refractivity (Wildman–Crippen MR) is 239 cm³/mol. The number of hydrogen-bond donors (Lipinski definition) is 0. The molecular weight excluding hydrogens is 701 g/mol. The molecule has 4 heteroatoms. The molecule has 9 aromatic carbocycles. The number of benzene rings is 9. The molecule has 0 saturated heterocycles. The van der Waals surface area contributed by atoms with Crippen LogP contribution in [0, 0.1) is 0 Å². The van der Waals surface area contributed by atoms with Gasteiger partial charge < -0.3 is 13.9 Å². The van der Waals surface area contributed by atoms with Crippen LogP contribution < -0.4 is 4.90 Å². The zero-order chi connectivity index (χ0) is 36.7. The van der Waals surface area contributed by atoms with Crippen LogP contribution in [-0.2, 0) is 0 Å². The van der Waals surface area contributed by atoms with Crippen LogP contribution in [0.2, 0.25) is 0 Å². The number of thiophene rings is 1. The van der Waals surface area contributed by atoms with E-state index in [-0.39, 0.29) is 0 Å². The second-order valence-electron chi connectivity index (χ2n) is 14.5. The van der Waals surface area contributed by atoms with Gasteiger partial charge in [0.05, 0.1) is 11.0 Å². The number of anilines is 3. The molecule has 262 valence electrons. The average Bonchev–Trinajstić information content (AvgIpc) is 3.93. The molecule has 0 atom stereocenters. The summed E-state index contributed by atoms with van der Waals surface area (Å²) >= 11 is 1.85. The number of fused-ring (bicyclic) bond motifs is 11. The Labute approximate surface area is 326 Å². The molecule has 3 nitrogen and oxygen atoms in total. The molecule has 0 aliphatic carbocycles. The van der Waals surface area contributed by atoms with E-state index in [2.05, 4.69) is 191 Å². The number of hydrogen-bond acceptors (Lipinski definition) is 3. The third-order valence-corrected chi connectivity index (χ3v) is 12.5. The van der Waals surface area contributed by atoms with E-state index in [1.54, 1.807) is 0 Å². The molecule has 0 fully saturated rings. The van der Waals surface area contributed by atoms with Gasteiger partial charge in [-0.2, -0.15) is 0 Å². The molecule has 12 rings (SSSR count). The maximum atomic E-state index is 6.23. The molecule has 0 aliphatic heterocycles. The second-order valence-corrected chi connectivity index (χ2v) is 15.6. The van der Waals surface area contributed by atoms with Crippen LogP contribution in [0.25, 0.3) is 91.5 Å². The minimum atomic E-state index is 0.892. The standard InChI is InChI=1S/C52H32N2OS/c1-2-10-40-35(9-1)21-29-47-52(40)44-13-3-6-14-46(44)54(47)37-24-19-34(20-25-37)33-17-22-36(23-18-33)53(38-27-30-49-45(31-38)41-11-4-7-15-48(41)55-49)39-26-28-43-42-12-5-8-16-50(42)56-51(43)32-39/h1-32H. The Balaban J connectivity index is 0.951. The number of aromatic nitrogens is 1. The largest absolute Gasteiger partial charge is 0.456 e. The lowest BCUT2D eigenvalue weighted by atomic mass is 10.0. The van der Waals surface area contributed by atoms with Crippen molar-refractivity contribution in [1.29, 1.82) is 0 Å². The minimum Gasteiger partial charge on any atom is -0.456 e. The minimum absolute atomic E-state index is 0.892. The Bertz CT molecular complexity index is 3480. The monoisotopic (exact) mass is 732 g/mol. The zero-order valence-corrected chi connectivity index (χ0v) is 31.0. The Morgan fingerprint density at radius 1 is 0.393 bits per heavy atom. The summed E-state index contributed by atoms with van der Waals surface area (Å²) in [5, 5.41) is 9.95. The van der Waals surface area contributed by atoms with Gasteiger partial charge in [0.1, 0.15) is 11.2 Å². The maximum Gasteiger partial charge on any atom is 0.135 e. The summed E-state index contributed by atoms with van der Waals surface area (Å²) in [4.78, 5) is 2.36. The van der Waals surface area contributed by atoms with Gasteiger partial charge in [0.15, 0.2) is 0 Å². The van der Waals surface area contributed by atoms with E-state index in [0.29, 0.717) is 0 Å². The SMILES string of the molecule is c1ccc2c(c1)ccc1c2c2ccccc2n1-c1ccc(-c2ccc(N(c3ccc4c(c3)sc3ccccc34)c3ccc4oc5ccccc5c4c3)cc2)cc1. The third kappa shape index (κ3) is 4.76. The molecule has 0 saturated carbocycles. The third-order valence-electron chi connectivity index (χ3n) is 11.4. The van der Waals surface area contributed by atoms with Crippen molar-refractivity contribution in [2.75, 3.05) is 4.90 Å². The molecule has 0 N–H and O–H groups in total. The van der Waals surface area contributed by atoms with Crippen molar-refractivity contribution in [3.8, 4) is 16.8 Å². The number of nitrogens with zero attached hydrogens (tertiary/aromatic N) is 2. The molecule has 0 spiro atoms.